The van der Waals surface area contributed by atoms with Crippen LogP contribution < -0.4 is 5.73 Å². The first kappa shape index (κ1) is 14.0. The Morgan fingerprint density at radius 1 is 1.10 bits per heavy atom. The van der Waals surface area contributed by atoms with E-state index in [0.29, 0.717) is 5.69 Å². The highest BCUT2D eigenvalue weighted by Crippen LogP contribution is 2.34. The van der Waals surface area contributed by atoms with Crippen LogP contribution in [0.4, 0.5) is 5.69 Å². The number of hydrogen-bond donors (Lipinski definition) is 2. The Morgan fingerprint density at radius 2 is 1.86 bits per heavy atom. The number of nitrogens with two attached hydrogens (primary N) is 1. The van der Waals surface area contributed by atoms with Crippen molar-refractivity contribution in [2.45, 2.75) is 14.8 Å². The van der Waals surface area contributed by atoms with E-state index in [2.05, 4.69) is 4.98 Å². The smallest absolute Gasteiger partial charge is 0.175 e. The molecule has 4 nitrogen and oxygen atoms in total. The fourth-order valence-electron chi connectivity index (χ4n) is 2.07. The summed E-state index contributed by atoms with van der Waals surface area (Å²) in [4.78, 5) is 4.37. The maximum atomic E-state index is 11.5. The molecule has 3 N–H and O–H groups in total. The minimum Gasteiger partial charge on any atom is -0.398 e. The Kier molecular flexibility index (Phi) is 3.43. The van der Waals surface area contributed by atoms with E-state index in [0.717, 1.165) is 20.8 Å². The molecule has 0 aliphatic rings. The molecule has 0 saturated carbocycles. The fraction of sp³-hybridized carbons (Fsp3) is 0.0667. The number of aromatic amines is 1. The number of fused-ring (bicyclic) bond motifs is 1. The lowest BCUT2D eigenvalue weighted by molar-refractivity contribution is 0.602. The molecule has 21 heavy (non-hydrogen) atoms. The molecular weight excluding hydrogens is 304 g/mol. The van der Waals surface area contributed by atoms with Gasteiger partial charge in [0, 0.05) is 27.7 Å². The molecule has 0 bridgehead atoms. The molecule has 6 heteroatoms. The summed E-state index contributed by atoms with van der Waals surface area (Å²) in [5, 5.41) is 2.10. The van der Waals surface area contributed by atoms with Crippen molar-refractivity contribution in [1.29, 1.82) is 0 Å². The first-order chi connectivity index (χ1) is 9.93. The molecule has 0 spiro atoms. The molecule has 0 aliphatic carbocycles. The highest BCUT2D eigenvalue weighted by molar-refractivity contribution is 7.99. The van der Waals surface area contributed by atoms with Gasteiger partial charge in [0.25, 0.3) is 0 Å². The van der Waals surface area contributed by atoms with E-state index < -0.39 is 9.84 Å². The molecule has 0 aliphatic heterocycles. The van der Waals surface area contributed by atoms with Gasteiger partial charge in [-0.3, -0.25) is 0 Å². The van der Waals surface area contributed by atoms with Crippen molar-refractivity contribution >= 4 is 38.2 Å². The van der Waals surface area contributed by atoms with E-state index in [1.54, 1.807) is 12.1 Å². The van der Waals surface area contributed by atoms with Crippen LogP contribution in [0.25, 0.3) is 10.9 Å². The van der Waals surface area contributed by atoms with Crippen molar-refractivity contribution < 1.29 is 8.42 Å². The third kappa shape index (κ3) is 2.91. The van der Waals surface area contributed by atoms with Crippen molar-refractivity contribution in [3.05, 3.63) is 48.5 Å². The largest absolute Gasteiger partial charge is 0.398 e. The molecule has 0 atom stereocenters. The number of rotatable bonds is 3. The summed E-state index contributed by atoms with van der Waals surface area (Å²) in [7, 11) is -3.23. The van der Waals surface area contributed by atoms with E-state index in [4.69, 9.17) is 5.73 Å². The topological polar surface area (TPSA) is 76.0 Å². The molecule has 3 aromatic rings. The SMILES string of the molecule is CS(=O)(=O)c1ccc(Sc2cc3ccccc3[nH]2)c(N)c1. The van der Waals surface area contributed by atoms with Crippen molar-refractivity contribution in [1.82, 2.24) is 4.98 Å². The van der Waals surface area contributed by atoms with Gasteiger partial charge in [0.1, 0.15) is 0 Å². The Balaban J connectivity index is 1.94. The van der Waals surface area contributed by atoms with Crippen molar-refractivity contribution in [2.75, 3.05) is 12.0 Å². The van der Waals surface area contributed by atoms with E-state index in [-0.39, 0.29) is 4.90 Å². The summed E-state index contributed by atoms with van der Waals surface area (Å²) in [6.45, 7) is 0. The lowest BCUT2D eigenvalue weighted by atomic mass is 10.3. The van der Waals surface area contributed by atoms with Gasteiger partial charge in [0.2, 0.25) is 0 Å². The van der Waals surface area contributed by atoms with Crippen molar-refractivity contribution in [3.8, 4) is 0 Å². The Labute approximate surface area is 127 Å². The summed E-state index contributed by atoms with van der Waals surface area (Å²) >= 11 is 1.48. The molecule has 0 amide bonds. The van der Waals surface area contributed by atoms with Gasteiger partial charge in [-0.2, -0.15) is 0 Å². The Morgan fingerprint density at radius 3 is 2.52 bits per heavy atom. The average Bonchev–Trinajstić information content (AvgIpc) is 2.82. The average molecular weight is 318 g/mol. The standard InChI is InChI=1S/C15H14N2O2S2/c1-21(18,19)11-6-7-14(12(16)9-11)20-15-8-10-4-2-3-5-13(10)17-15/h2-9,17H,16H2,1H3. The highest BCUT2D eigenvalue weighted by atomic mass is 32.2. The predicted molar refractivity (Wildman–Crippen MR) is 86.4 cm³/mol. The van der Waals surface area contributed by atoms with E-state index >= 15 is 0 Å². The van der Waals surface area contributed by atoms with E-state index in [9.17, 15) is 8.42 Å². The van der Waals surface area contributed by atoms with Gasteiger partial charge in [-0.25, -0.2) is 8.42 Å². The van der Waals surface area contributed by atoms with E-state index in [1.165, 1.54) is 24.1 Å². The maximum absolute atomic E-state index is 11.5. The minimum atomic E-state index is -3.23. The van der Waals surface area contributed by atoms with Crippen molar-refractivity contribution in [3.63, 3.8) is 0 Å². The number of aromatic nitrogens is 1. The number of hydrogen-bond acceptors (Lipinski definition) is 4. The number of anilines is 1. The second-order valence-electron chi connectivity index (χ2n) is 4.79. The van der Waals surface area contributed by atoms with Crippen LogP contribution in [0.5, 0.6) is 0 Å². The fourth-order valence-corrected chi connectivity index (χ4v) is 3.62. The van der Waals surface area contributed by atoms with Crippen LogP contribution in [0, 0.1) is 0 Å². The van der Waals surface area contributed by atoms with Crippen LogP contribution in [0.15, 0.2) is 63.3 Å². The number of para-hydroxylation sites is 1. The molecule has 0 unspecified atom stereocenters. The predicted octanol–water partition coefficient (Wildman–Crippen LogP) is 3.30. The van der Waals surface area contributed by atoms with Crippen LogP contribution in [0.3, 0.4) is 0 Å². The molecular formula is C15H14N2O2S2. The molecule has 1 heterocycles. The number of benzene rings is 2. The Bertz CT molecular complexity index is 881. The molecule has 3 rings (SSSR count). The number of sulfone groups is 1. The number of nitrogens with one attached hydrogen (secondary N) is 1. The molecule has 2 aromatic carbocycles. The van der Waals surface area contributed by atoms with Gasteiger partial charge >= 0.3 is 0 Å². The lowest BCUT2D eigenvalue weighted by Crippen LogP contribution is -1.99. The summed E-state index contributed by atoms with van der Waals surface area (Å²) in [6, 6.07) is 14.9. The molecule has 0 radical (unpaired) electrons. The van der Waals surface area contributed by atoms with E-state index in [1.807, 2.05) is 30.3 Å². The summed E-state index contributed by atoms with van der Waals surface area (Å²) < 4.78 is 23.0. The Hall–Kier alpha value is -1.92. The number of H-pyrrole nitrogens is 1. The third-order valence-electron chi connectivity index (χ3n) is 3.13. The van der Waals surface area contributed by atoms with Crippen LogP contribution in [0.2, 0.25) is 0 Å². The second kappa shape index (κ2) is 5.13. The van der Waals surface area contributed by atoms with Crippen LogP contribution in [-0.4, -0.2) is 19.7 Å². The molecule has 0 fully saturated rings. The highest BCUT2D eigenvalue weighted by Gasteiger charge is 2.11. The third-order valence-corrected chi connectivity index (χ3v) is 5.28. The zero-order valence-corrected chi connectivity index (χ0v) is 13.0. The summed E-state index contributed by atoms with van der Waals surface area (Å²) in [6.07, 6.45) is 1.17. The second-order valence-corrected chi connectivity index (χ2v) is 7.89. The van der Waals surface area contributed by atoms with Gasteiger partial charge < -0.3 is 10.7 Å². The quantitative estimate of drug-likeness (QED) is 0.726. The van der Waals surface area contributed by atoms with Gasteiger partial charge in [-0.05, 0) is 30.3 Å². The van der Waals surface area contributed by atoms with Crippen LogP contribution in [0.1, 0.15) is 0 Å². The normalized spacial score (nSPS) is 11.9. The first-order valence-corrected chi connectivity index (χ1v) is 8.99. The number of nitrogen functional groups attached to an aromatic ring is 1. The van der Waals surface area contributed by atoms with Gasteiger partial charge in [0.15, 0.2) is 9.84 Å². The zero-order valence-electron chi connectivity index (χ0n) is 11.3. The molecule has 1 aromatic heterocycles. The van der Waals surface area contributed by atoms with Crippen LogP contribution in [-0.2, 0) is 9.84 Å². The maximum Gasteiger partial charge on any atom is 0.175 e. The first-order valence-electron chi connectivity index (χ1n) is 6.29. The monoisotopic (exact) mass is 318 g/mol. The summed E-state index contributed by atoms with van der Waals surface area (Å²) in [5.74, 6) is 0. The van der Waals surface area contributed by atoms with Gasteiger partial charge in [-0.15, -0.1) is 0 Å². The molecule has 0 saturated heterocycles. The minimum absolute atomic E-state index is 0.237. The summed E-state index contributed by atoms with van der Waals surface area (Å²) in [5.41, 5.74) is 7.48. The van der Waals surface area contributed by atoms with Gasteiger partial charge in [0.05, 0.1) is 9.92 Å². The van der Waals surface area contributed by atoms with Gasteiger partial charge in [-0.1, -0.05) is 30.0 Å². The molecule has 108 valence electrons. The lowest BCUT2D eigenvalue weighted by Gasteiger charge is -2.06. The van der Waals surface area contributed by atoms with Crippen molar-refractivity contribution in [2.24, 2.45) is 0 Å². The van der Waals surface area contributed by atoms with Crippen LogP contribution >= 0.6 is 11.8 Å². The zero-order chi connectivity index (χ0) is 15.0.